The van der Waals surface area contributed by atoms with E-state index in [1.54, 1.807) is 0 Å². The molecule has 0 bridgehead atoms. The number of hydrogen-bond acceptors (Lipinski definition) is 4. The Morgan fingerprint density at radius 3 is 2.72 bits per heavy atom. The van der Waals surface area contributed by atoms with Gasteiger partial charge in [0.15, 0.2) is 9.84 Å². The lowest BCUT2D eigenvalue weighted by Crippen LogP contribution is -2.13. The van der Waals surface area contributed by atoms with Crippen LogP contribution in [0.25, 0.3) is 0 Å². The summed E-state index contributed by atoms with van der Waals surface area (Å²) >= 11 is 3.47. The summed E-state index contributed by atoms with van der Waals surface area (Å²) in [6.45, 7) is 3.87. The van der Waals surface area contributed by atoms with Crippen LogP contribution in [0, 0.1) is 0 Å². The molecule has 4 nitrogen and oxygen atoms in total. The van der Waals surface area contributed by atoms with E-state index in [0.29, 0.717) is 5.75 Å². The SMILES string of the molecule is CCNCc1cc(OCCS(C)(=O)=O)ccc1Br. The summed E-state index contributed by atoms with van der Waals surface area (Å²) in [5.41, 5.74) is 1.09. The highest BCUT2D eigenvalue weighted by atomic mass is 79.9. The van der Waals surface area contributed by atoms with Crippen molar-refractivity contribution in [1.29, 1.82) is 0 Å². The number of sulfone groups is 1. The van der Waals surface area contributed by atoms with Gasteiger partial charge in [-0.05, 0) is 30.3 Å². The van der Waals surface area contributed by atoms with Crippen LogP contribution in [0.15, 0.2) is 22.7 Å². The molecule has 0 heterocycles. The van der Waals surface area contributed by atoms with Crippen molar-refractivity contribution in [2.75, 3.05) is 25.2 Å². The quantitative estimate of drug-likeness (QED) is 0.827. The van der Waals surface area contributed by atoms with Crippen LogP contribution >= 0.6 is 15.9 Å². The van der Waals surface area contributed by atoms with Crippen molar-refractivity contribution in [3.8, 4) is 5.75 Å². The average Bonchev–Trinajstić information content (AvgIpc) is 2.28. The first-order chi connectivity index (χ1) is 8.42. The molecule has 0 aliphatic carbocycles. The zero-order chi connectivity index (χ0) is 13.6. The normalized spacial score (nSPS) is 11.5. The van der Waals surface area contributed by atoms with Crippen LogP contribution in [-0.4, -0.2) is 33.6 Å². The molecule has 0 radical (unpaired) electrons. The van der Waals surface area contributed by atoms with Crippen LogP contribution in [-0.2, 0) is 16.4 Å². The van der Waals surface area contributed by atoms with Gasteiger partial charge in [-0.25, -0.2) is 8.42 Å². The third-order valence-corrected chi connectivity index (χ3v) is 3.99. The largest absolute Gasteiger partial charge is 0.493 e. The fraction of sp³-hybridized carbons (Fsp3) is 0.500. The minimum absolute atomic E-state index is 0.0333. The first-order valence-electron chi connectivity index (χ1n) is 5.72. The molecule has 0 aliphatic rings. The van der Waals surface area contributed by atoms with Gasteiger partial charge >= 0.3 is 0 Å². The van der Waals surface area contributed by atoms with Gasteiger partial charge in [-0.2, -0.15) is 0 Å². The maximum absolute atomic E-state index is 11.0. The predicted octanol–water partition coefficient (Wildman–Crippen LogP) is 1.98. The van der Waals surface area contributed by atoms with Gasteiger partial charge in [-0.3, -0.25) is 0 Å². The van der Waals surface area contributed by atoms with Crippen LogP contribution in [0.1, 0.15) is 12.5 Å². The molecule has 0 amide bonds. The lowest BCUT2D eigenvalue weighted by molar-refractivity contribution is 0.340. The second-order valence-electron chi connectivity index (χ2n) is 4.01. The summed E-state index contributed by atoms with van der Waals surface area (Å²) in [6.07, 6.45) is 1.20. The molecule has 0 atom stereocenters. The first-order valence-corrected chi connectivity index (χ1v) is 8.57. The topological polar surface area (TPSA) is 55.4 Å². The van der Waals surface area contributed by atoms with Crippen molar-refractivity contribution in [2.24, 2.45) is 0 Å². The molecule has 0 saturated heterocycles. The fourth-order valence-corrected chi connectivity index (χ4v) is 2.12. The Hall–Kier alpha value is -0.590. The number of rotatable bonds is 7. The van der Waals surface area contributed by atoms with E-state index < -0.39 is 9.84 Å². The van der Waals surface area contributed by atoms with Gasteiger partial charge in [-0.1, -0.05) is 22.9 Å². The zero-order valence-electron chi connectivity index (χ0n) is 10.6. The van der Waals surface area contributed by atoms with Crippen LogP contribution < -0.4 is 10.1 Å². The van der Waals surface area contributed by atoms with Gasteiger partial charge in [0.05, 0.1) is 5.75 Å². The molecular weight excluding hydrogens is 318 g/mol. The number of benzene rings is 1. The summed E-state index contributed by atoms with van der Waals surface area (Å²) in [7, 11) is -2.97. The Balaban J connectivity index is 2.61. The Kier molecular flexibility index (Phi) is 6.11. The summed E-state index contributed by atoms with van der Waals surface area (Å²) < 4.78 is 28.4. The maximum Gasteiger partial charge on any atom is 0.150 e. The Morgan fingerprint density at radius 2 is 2.11 bits per heavy atom. The number of halogens is 1. The molecule has 0 saturated carbocycles. The van der Waals surface area contributed by atoms with Crippen molar-refractivity contribution in [3.05, 3.63) is 28.2 Å². The van der Waals surface area contributed by atoms with Crippen molar-refractivity contribution in [1.82, 2.24) is 5.32 Å². The summed E-state index contributed by atoms with van der Waals surface area (Å²) in [5.74, 6) is 0.723. The molecular formula is C12H18BrNO3S. The van der Waals surface area contributed by atoms with Crippen LogP contribution in [0.3, 0.4) is 0 Å². The van der Waals surface area contributed by atoms with Crippen LogP contribution in [0.2, 0.25) is 0 Å². The van der Waals surface area contributed by atoms with Crippen molar-refractivity contribution in [2.45, 2.75) is 13.5 Å². The lowest BCUT2D eigenvalue weighted by atomic mass is 10.2. The zero-order valence-corrected chi connectivity index (χ0v) is 13.0. The van der Waals surface area contributed by atoms with Gasteiger partial charge in [0.2, 0.25) is 0 Å². The Labute approximate surface area is 117 Å². The molecule has 1 rings (SSSR count). The van der Waals surface area contributed by atoms with Crippen molar-refractivity contribution in [3.63, 3.8) is 0 Å². The molecule has 0 aliphatic heterocycles. The van der Waals surface area contributed by atoms with E-state index in [-0.39, 0.29) is 12.4 Å². The Morgan fingerprint density at radius 1 is 1.39 bits per heavy atom. The highest BCUT2D eigenvalue weighted by Crippen LogP contribution is 2.22. The molecule has 1 aromatic carbocycles. The minimum Gasteiger partial charge on any atom is -0.493 e. The molecule has 102 valence electrons. The second kappa shape index (κ2) is 7.11. The second-order valence-corrected chi connectivity index (χ2v) is 7.13. The van der Waals surface area contributed by atoms with Gasteiger partial charge < -0.3 is 10.1 Å². The number of ether oxygens (including phenoxy) is 1. The Bertz CT molecular complexity index is 488. The fourth-order valence-electron chi connectivity index (χ4n) is 1.35. The monoisotopic (exact) mass is 335 g/mol. The van der Waals surface area contributed by atoms with E-state index >= 15 is 0 Å². The van der Waals surface area contributed by atoms with Crippen molar-refractivity contribution < 1.29 is 13.2 Å². The third-order valence-electron chi connectivity index (χ3n) is 2.31. The van der Waals surface area contributed by atoms with Gasteiger partial charge in [0, 0.05) is 17.3 Å². The molecule has 0 aromatic heterocycles. The summed E-state index contributed by atoms with van der Waals surface area (Å²) in [4.78, 5) is 0. The predicted molar refractivity (Wildman–Crippen MR) is 76.7 cm³/mol. The van der Waals surface area contributed by atoms with E-state index in [0.717, 1.165) is 23.1 Å². The van der Waals surface area contributed by atoms with Crippen LogP contribution in [0.5, 0.6) is 5.75 Å². The van der Waals surface area contributed by atoms with Crippen LogP contribution in [0.4, 0.5) is 0 Å². The molecule has 18 heavy (non-hydrogen) atoms. The first kappa shape index (κ1) is 15.5. The number of hydrogen-bond donors (Lipinski definition) is 1. The van der Waals surface area contributed by atoms with Crippen molar-refractivity contribution >= 4 is 25.8 Å². The molecule has 1 N–H and O–H groups in total. The molecule has 1 aromatic rings. The van der Waals surface area contributed by atoms with Gasteiger partial charge in [0.25, 0.3) is 0 Å². The van der Waals surface area contributed by atoms with E-state index in [1.807, 2.05) is 25.1 Å². The summed E-state index contributed by atoms with van der Waals surface area (Å²) in [6, 6.07) is 5.64. The van der Waals surface area contributed by atoms with Gasteiger partial charge in [0.1, 0.15) is 12.4 Å². The molecule has 6 heteroatoms. The number of nitrogens with one attached hydrogen (secondary N) is 1. The molecule has 0 unspecified atom stereocenters. The van der Waals surface area contributed by atoms with E-state index in [9.17, 15) is 8.42 Å². The highest BCUT2D eigenvalue weighted by Gasteiger charge is 2.05. The molecule has 0 fully saturated rings. The summed E-state index contributed by atoms with van der Waals surface area (Å²) in [5, 5.41) is 3.23. The highest BCUT2D eigenvalue weighted by molar-refractivity contribution is 9.10. The minimum atomic E-state index is -2.97. The van der Waals surface area contributed by atoms with E-state index in [1.165, 1.54) is 6.26 Å². The van der Waals surface area contributed by atoms with Gasteiger partial charge in [-0.15, -0.1) is 0 Å². The maximum atomic E-state index is 11.0. The average molecular weight is 336 g/mol. The standard InChI is InChI=1S/C12H18BrNO3S/c1-3-14-9-10-8-11(4-5-12(10)13)17-6-7-18(2,15)16/h4-5,8,14H,3,6-7,9H2,1-2H3. The third kappa shape index (κ3) is 5.84. The molecule has 0 spiro atoms. The van der Waals surface area contributed by atoms with E-state index in [4.69, 9.17) is 4.74 Å². The van der Waals surface area contributed by atoms with E-state index in [2.05, 4.69) is 21.2 Å². The lowest BCUT2D eigenvalue weighted by Gasteiger charge is -2.09. The smallest absolute Gasteiger partial charge is 0.150 e.